The minimum Gasteiger partial charge on any atom is -0.0625 e. The molecule has 0 aromatic rings. The second-order valence-electron chi connectivity index (χ2n) is 3.78. The second kappa shape index (κ2) is 4.00. The minimum atomic E-state index is 0.991. The van der Waals surface area contributed by atoms with Crippen molar-refractivity contribution in [3.05, 3.63) is 6.92 Å². The predicted octanol–water partition coefficient (Wildman–Crippen LogP) is 3.43. The van der Waals surface area contributed by atoms with E-state index in [0.29, 0.717) is 0 Å². The lowest BCUT2D eigenvalue weighted by Gasteiger charge is -2.26. The van der Waals surface area contributed by atoms with E-state index in [0.717, 1.165) is 18.3 Å². The summed E-state index contributed by atoms with van der Waals surface area (Å²) in [4.78, 5) is 0. The third kappa shape index (κ3) is 2.32. The van der Waals surface area contributed by atoms with Crippen LogP contribution in [0.3, 0.4) is 0 Å². The maximum absolute atomic E-state index is 3.90. The van der Waals surface area contributed by atoms with Gasteiger partial charge in [0.1, 0.15) is 0 Å². The first kappa shape index (κ1) is 8.10. The first-order valence-corrected chi connectivity index (χ1v) is 4.62. The van der Waals surface area contributed by atoms with Gasteiger partial charge in [-0.2, -0.15) is 0 Å². The average molecular weight is 139 g/mol. The maximum Gasteiger partial charge on any atom is -0.0412 e. The lowest BCUT2D eigenvalue weighted by molar-refractivity contribution is 0.271. The number of rotatable bonds is 2. The number of hydrogen-bond donors (Lipinski definition) is 0. The van der Waals surface area contributed by atoms with Gasteiger partial charge in [-0.25, -0.2) is 0 Å². The molecule has 0 aromatic carbocycles. The summed E-state index contributed by atoms with van der Waals surface area (Å²) >= 11 is 0. The highest BCUT2D eigenvalue weighted by atomic mass is 14.2. The van der Waals surface area contributed by atoms with Gasteiger partial charge in [0.25, 0.3) is 0 Å². The van der Waals surface area contributed by atoms with E-state index < -0.39 is 0 Å². The normalized spacial score (nSPS) is 34.2. The second-order valence-corrected chi connectivity index (χ2v) is 3.78. The van der Waals surface area contributed by atoms with Gasteiger partial charge in [-0.3, -0.25) is 0 Å². The van der Waals surface area contributed by atoms with E-state index in [1.165, 1.54) is 32.1 Å². The molecule has 0 saturated heterocycles. The molecule has 59 valence electrons. The topological polar surface area (TPSA) is 0 Å². The van der Waals surface area contributed by atoms with Crippen LogP contribution in [0.15, 0.2) is 0 Å². The summed E-state index contributed by atoms with van der Waals surface area (Å²) < 4.78 is 0. The van der Waals surface area contributed by atoms with Crippen LogP contribution < -0.4 is 0 Å². The van der Waals surface area contributed by atoms with Crippen molar-refractivity contribution >= 4 is 0 Å². The molecule has 0 N–H and O–H groups in total. The van der Waals surface area contributed by atoms with E-state index in [2.05, 4.69) is 13.8 Å². The molecule has 10 heavy (non-hydrogen) atoms. The van der Waals surface area contributed by atoms with Gasteiger partial charge in [-0.1, -0.05) is 46.0 Å². The lowest BCUT2D eigenvalue weighted by atomic mass is 9.80. The molecule has 0 spiro atoms. The molecule has 0 heteroatoms. The van der Waals surface area contributed by atoms with Gasteiger partial charge in [0.2, 0.25) is 0 Å². The van der Waals surface area contributed by atoms with Gasteiger partial charge in [-0.15, -0.1) is 0 Å². The Morgan fingerprint density at radius 2 is 2.20 bits per heavy atom. The zero-order valence-electron chi connectivity index (χ0n) is 7.10. The largest absolute Gasteiger partial charge is 0.0625 e. The van der Waals surface area contributed by atoms with Crippen molar-refractivity contribution in [1.82, 2.24) is 0 Å². The van der Waals surface area contributed by atoms with Crippen LogP contribution in [0.25, 0.3) is 0 Å². The molecular weight excluding hydrogens is 120 g/mol. The Labute approximate surface area is 65.0 Å². The molecule has 2 unspecified atom stereocenters. The monoisotopic (exact) mass is 139 g/mol. The van der Waals surface area contributed by atoms with Crippen molar-refractivity contribution in [2.45, 2.75) is 45.4 Å². The molecule has 1 fully saturated rings. The molecule has 1 aliphatic carbocycles. The van der Waals surface area contributed by atoms with Crippen molar-refractivity contribution in [2.75, 3.05) is 0 Å². The van der Waals surface area contributed by atoms with E-state index >= 15 is 0 Å². The van der Waals surface area contributed by atoms with Crippen LogP contribution in [0.5, 0.6) is 0 Å². The molecule has 0 nitrogen and oxygen atoms in total. The van der Waals surface area contributed by atoms with Crippen molar-refractivity contribution in [3.63, 3.8) is 0 Å². The van der Waals surface area contributed by atoms with Gasteiger partial charge in [-0.05, 0) is 18.3 Å². The summed E-state index contributed by atoms with van der Waals surface area (Å²) in [5.41, 5.74) is 0. The highest BCUT2D eigenvalue weighted by molar-refractivity contribution is 4.70. The number of hydrogen-bond acceptors (Lipinski definition) is 0. The Hall–Kier alpha value is 0. The molecule has 0 amide bonds. The van der Waals surface area contributed by atoms with Crippen LogP contribution in [0.2, 0.25) is 0 Å². The van der Waals surface area contributed by atoms with E-state index in [1.54, 1.807) is 0 Å². The Bertz CT molecular complexity index is 84.0. The van der Waals surface area contributed by atoms with Gasteiger partial charge in [0, 0.05) is 0 Å². The average Bonchev–Trinajstić information content (AvgIpc) is 1.88. The van der Waals surface area contributed by atoms with E-state index in [4.69, 9.17) is 0 Å². The molecule has 1 aliphatic rings. The molecule has 0 bridgehead atoms. The third-order valence-electron chi connectivity index (χ3n) is 2.66. The quantitative estimate of drug-likeness (QED) is 0.550. The van der Waals surface area contributed by atoms with Crippen LogP contribution in [-0.2, 0) is 0 Å². The summed E-state index contributed by atoms with van der Waals surface area (Å²) in [6, 6.07) is 0. The Kier molecular flexibility index (Phi) is 3.24. The fourth-order valence-corrected chi connectivity index (χ4v) is 2.11. The zero-order valence-corrected chi connectivity index (χ0v) is 7.10. The molecular formula is C10H19. The van der Waals surface area contributed by atoms with Crippen LogP contribution in [0.1, 0.15) is 45.4 Å². The van der Waals surface area contributed by atoms with Crippen LogP contribution in [0, 0.1) is 18.8 Å². The van der Waals surface area contributed by atoms with Crippen molar-refractivity contribution in [3.8, 4) is 0 Å². The first-order chi connectivity index (χ1) is 4.83. The van der Waals surface area contributed by atoms with E-state index in [1.807, 2.05) is 0 Å². The lowest BCUT2D eigenvalue weighted by Crippen LogP contribution is -2.12. The maximum atomic E-state index is 3.90. The Balaban J connectivity index is 2.18. The SMILES string of the molecule is [CH2]CCC1CCCC(C)C1. The summed E-state index contributed by atoms with van der Waals surface area (Å²) in [7, 11) is 0. The van der Waals surface area contributed by atoms with Gasteiger partial charge in [0.05, 0.1) is 0 Å². The predicted molar refractivity (Wildman–Crippen MR) is 45.7 cm³/mol. The van der Waals surface area contributed by atoms with Crippen molar-refractivity contribution < 1.29 is 0 Å². The molecule has 1 radical (unpaired) electrons. The van der Waals surface area contributed by atoms with Gasteiger partial charge in [0.15, 0.2) is 0 Å². The molecule has 0 heterocycles. The van der Waals surface area contributed by atoms with E-state index in [-0.39, 0.29) is 0 Å². The smallest absolute Gasteiger partial charge is 0.0412 e. The fraction of sp³-hybridized carbons (Fsp3) is 0.900. The van der Waals surface area contributed by atoms with Crippen molar-refractivity contribution in [2.24, 2.45) is 11.8 Å². The molecule has 1 rings (SSSR count). The Morgan fingerprint density at radius 3 is 2.80 bits per heavy atom. The summed E-state index contributed by atoms with van der Waals surface area (Å²) in [6.07, 6.45) is 8.37. The molecule has 2 atom stereocenters. The Morgan fingerprint density at radius 1 is 1.40 bits per heavy atom. The highest BCUT2D eigenvalue weighted by Crippen LogP contribution is 2.30. The summed E-state index contributed by atoms with van der Waals surface area (Å²) in [5.74, 6) is 2.01. The standard InChI is InChI=1S/C10H19/c1-3-5-10-7-4-6-9(2)8-10/h9-10H,1,3-8H2,2H3. The van der Waals surface area contributed by atoms with Crippen molar-refractivity contribution in [1.29, 1.82) is 0 Å². The van der Waals surface area contributed by atoms with Crippen LogP contribution >= 0.6 is 0 Å². The first-order valence-electron chi connectivity index (χ1n) is 4.62. The zero-order chi connectivity index (χ0) is 7.40. The van der Waals surface area contributed by atoms with Crippen LogP contribution in [0.4, 0.5) is 0 Å². The molecule has 1 saturated carbocycles. The molecule has 0 aliphatic heterocycles. The minimum absolute atomic E-state index is 0.991. The van der Waals surface area contributed by atoms with Gasteiger partial charge >= 0.3 is 0 Å². The fourth-order valence-electron chi connectivity index (χ4n) is 2.11. The van der Waals surface area contributed by atoms with Gasteiger partial charge < -0.3 is 0 Å². The highest BCUT2D eigenvalue weighted by Gasteiger charge is 2.17. The summed E-state index contributed by atoms with van der Waals surface area (Å²) in [5, 5.41) is 0. The molecule has 0 aromatic heterocycles. The summed E-state index contributed by atoms with van der Waals surface area (Å²) in [6.45, 7) is 6.29. The third-order valence-corrected chi connectivity index (χ3v) is 2.66. The van der Waals surface area contributed by atoms with Crippen LogP contribution in [-0.4, -0.2) is 0 Å². The van der Waals surface area contributed by atoms with E-state index in [9.17, 15) is 0 Å².